The van der Waals surface area contributed by atoms with Crippen LogP contribution in [0.2, 0.25) is 15.1 Å². The Morgan fingerprint density at radius 2 is 1.17 bits per heavy atom. The summed E-state index contributed by atoms with van der Waals surface area (Å²) in [7, 11) is 0. The monoisotopic (exact) mass is 343 g/mol. The van der Waals surface area contributed by atoms with Gasteiger partial charge in [0.25, 0.3) is 11.8 Å². The summed E-state index contributed by atoms with van der Waals surface area (Å²) >= 11 is 28.8. The molecular weight excluding hydrogens is 343 g/mol. The second kappa shape index (κ2) is 4.91. The predicted molar refractivity (Wildman–Crippen MR) is 72.7 cm³/mol. The molecule has 0 atom stereocenters. The number of halogens is 5. The molecule has 0 unspecified atom stereocenters. The molecule has 0 aliphatic carbocycles. The molecule has 0 radical (unpaired) electrons. The standard InChI is InChI=1S/C10H2Cl5NO2/c11-3-1-4(12)8(5(13)2-3)16-9(17)6(14)7(15)10(16)18/h1-2H. The van der Waals surface area contributed by atoms with Crippen LogP contribution < -0.4 is 4.90 Å². The van der Waals surface area contributed by atoms with Gasteiger partial charge in [-0.3, -0.25) is 9.59 Å². The molecule has 2 amide bonds. The average molecular weight is 345 g/mol. The lowest BCUT2D eigenvalue weighted by Gasteiger charge is -2.17. The first-order chi connectivity index (χ1) is 8.34. The summed E-state index contributed by atoms with van der Waals surface area (Å²) in [5.74, 6) is -1.56. The van der Waals surface area contributed by atoms with E-state index in [0.717, 1.165) is 0 Å². The van der Waals surface area contributed by atoms with Gasteiger partial charge in [-0.25, -0.2) is 4.90 Å². The number of rotatable bonds is 1. The number of hydrogen-bond donors (Lipinski definition) is 0. The molecule has 0 saturated carbocycles. The number of amides is 2. The molecule has 1 aromatic carbocycles. The zero-order chi connectivity index (χ0) is 13.6. The maximum atomic E-state index is 11.8. The third-order valence-electron chi connectivity index (χ3n) is 2.18. The first-order valence-corrected chi connectivity index (χ1v) is 6.32. The minimum Gasteiger partial charge on any atom is -0.267 e. The van der Waals surface area contributed by atoms with Crippen molar-refractivity contribution >= 4 is 75.5 Å². The van der Waals surface area contributed by atoms with Gasteiger partial charge in [-0.05, 0) is 12.1 Å². The lowest BCUT2D eigenvalue weighted by Crippen LogP contribution is -2.31. The van der Waals surface area contributed by atoms with Crippen LogP contribution in [0.25, 0.3) is 0 Å². The quantitative estimate of drug-likeness (QED) is 0.715. The molecule has 0 bridgehead atoms. The molecule has 1 aromatic rings. The highest BCUT2D eigenvalue weighted by Gasteiger charge is 2.39. The highest BCUT2D eigenvalue weighted by Crippen LogP contribution is 2.41. The van der Waals surface area contributed by atoms with Gasteiger partial charge >= 0.3 is 0 Å². The number of benzene rings is 1. The van der Waals surface area contributed by atoms with Crippen molar-refractivity contribution < 1.29 is 9.59 Å². The lowest BCUT2D eigenvalue weighted by molar-refractivity contribution is -0.120. The van der Waals surface area contributed by atoms with Crippen LogP contribution in [-0.4, -0.2) is 11.8 Å². The van der Waals surface area contributed by atoms with Gasteiger partial charge in [0, 0.05) is 5.02 Å². The fourth-order valence-corrected chi connectivity index (χ4v) is 2.74. The number of carbonyl (C=O) groups is 2. The Kier molecular flexibility index (Phi) is 3.81. The van der Waals surface area contributed by atoms with E-state index in [9.17, 15) is 9.59 Å². The van der Waals surface area contributed by atoms with Crippen molar-refractivity contribution in [3.63, 3.8) is 0 Å². The Labute approximate surface area is 127 Å². The van der Waals surface area contributed by atoms with Gasteiger partial charge in [-0.2, -0.15) is 0 Å². The molecule has 3 nitrogen and oxygen atoms in total. The van der Waals surface area contributed by atoms with Crippen molar-refractivity contribution in [3.05, 3.63) is 37.3 Å². The van der Waals surface area contributed by atoms with E-state index in [-0.39, 0.29) is 30.8 Å². The molecular formula is C10H2Cl5NO2. The maximum Gasteiger partial charge on any atom is 0.278 e. The van der Waals surface area contributed by atoms with Crippen molar-refractivity contribution in [2.75, 3.05) is 4.90 Å². The van der Waals surface area contributed by atoms with Crippen LogP contribution >= 0.6 is 58.0 Å². The van der Waals surface area contributed by atoms with E-state index in [1.165, 1.54) is 12.1 Å². The van der Waals surface area contributed by atoms with E-state index < -0.39 is 11.8 Å². The Hall–Kier alpha value is -0.450. The van der Waals surface area contributed by atoms with Crippen molar-refractivity contribution in [2.24, 2.45) is 0 Å². The summed E-state index contributed by atoms with van der Waals surface area (Å²) in [5, 5.41) is -0.374. The van der Waals surface area contributed by atoms with E-state index in [4.69, 9.17) is 58.0 Å². The fourth-order valence-electron chi connectivity index (χ4n) is 1.43. The number of nitrogens with zero attached hydrogens (tertiary/aromatic N) is 1. The predicted octanol–water partition coefficient (Wildman–Crippen LogP) is 4.21. The van der Waals surface area contributed by atoms with Gasteiger partial charge in [-0.1, -0.05) is 58.0 Å². The van der Waals surface area contributed by atoms with Crippen LogP contribution in [0.15, 0.2) is 22.2 Å². The smallest absolute Gasteiger partial charge is 0.267 e. The molecule has 1 heterocycles. The van der Waals surface area contributed by atoms with Gasteiger partial charge in [0.05, 0.1) is 15.7 Å². The summed E-state index contributed by atoms with van der Waals surface area (Å²) in [4.78, 5) is 24.3. The van der Waals surface area contributed by atoms with Crippen LogP contribution in [0, 0.1) is 0 Å². The molecule has 0 N–H and O–H groups in total. The molecule has 0 spiro atoms. The second-order valence-electron chi connectivity index (χ2n) is 3.29. The molecule has 18 heavy (non-hydrogen) atoms. The zero-order valence-electron chi connectivity index (χ0n) is 8.31. The van der Waals surface area contributed by atoms with E-state index >= 15 is 0 Å². The summed E-state index contributed by atoms with van der Waals surface area (Å²) in [6.45, 7) is 0. The number of anilines is 1. The molecule has 0 aromatic heterocycles. The number of imide groups is 1. The topological polar surface area (TPSA) is 37.4 Å². The van der Waals surface area contributed by atoms with Crippen molar-refractivity contribution in [3.8, 4) is 0 Å². The fraction of sp³-hybridized carbons (Fsp3) is 0. The largest absolute Gasteiger partial charge is 0.278 e. The normalized spacial score (nSPS) is 15.9. The maximum absolute atomic E-state index is 11.8. The summed E-state index contributed by atoms with van der Waals surface area (Å²) in [6, 6.07) is 2.70. The van der Waals surface area contributed by atoms with E-state index in [0.29, 0.717) is 4.90 Å². The first kappa shape index (κ1) is 14.0. The third-order valence-corrected chi connectivity index (χ3v) is 3.77. The summed E-state index contributed by atoms with van der Waals surface area (Å²) in [6.07, 6.45) is 0. The van der Waals surface area contributed by atoms with Crippen molar-refractivity contribution in [1.82, 2.24) is 0 Å². The van der Waals surface area contributed by atoms with E-state index in [1.54, 1.807) is 0 Å². The highest BCUT2D eigenvalue weighted by molar-refractivity contribution is 6.63. The molecule has 0 saturated heterocycles. The van der Waals surface area contributed by atoms with Crippen LogP contribution in [-0.2, 0) is 9.59 Å². The van der Waals surface area contributed by atoms with Gasteiger partial charge in [-0.15, -0.1) is 0 Å². The Balaban J connectivity index is 2.60. The van der Waals surface area contributed by atoms with Gasteiger partial charge in [0.15, 0.2) is 0 Å². The van der Waals surface area contributed by atoms with Crippen molar-refractivity contribution in [2.45, 2.75) is 0 Å². The Bertz CT molecular complexity index is 563. The van der Waals surface area contributed by atoms with Gasteiger partial charge < -0.3 is 0 Å². The lowest BCUT2D eigenvalue weighted by atomic mass is 10.3. The van der Waals surface area contributed by atoms with Crippen LogP contribution in [0.3, 0.4) is 0 Å². The minimum absolute atomic E-state index is 0.00605. The second-order valence-corrected chi connectivity index (χ2v) is 5.30. The minimum atomic E-state index is -0.780. The van der Waals surface area contributed by atoms with E-state index in [2.05, 4.69) is 0 Å². The first-order valence-electron chi connectivity index (χ1n) is 4.43. The Morgan fingerprint density at radius 3 is 1.56 bits per heavy atom. The number of carbonyl (C=O) groups excluding carboxylic acids is 2. The SMILES string of the molecule is O=C1C(Cl)=C(Cl)C(=O)N1c1c(Cl)cc(Cl)cc1Cl. The molecule has 1 aliphatic rings. The van der Waals surface area contributed by atoms with Crippen LogP contribution in [0.5, 0.6) is 0 Å². The average Bonchev–Trinajstić information content (AvgIpc) is 2.45. The molecule has 8 heteroatoms. The third kappa shape index (κ3) is 2.10. The summed E-state index contributed by atoms with van der Waals surface area (Å²) < 4.78 is 0. The molecule has 1 aliphatic heterocycles. The highest BCUT2D eigenvalue weighted by atomic mass is 35.5. The molecule has 0 fully saturated rings. The van der Waals surface area contributed by atoms with Crippen molar-refractivity contribution in [1.29, 1.82) is 0 Å². The van der Waals surface area contributed by atoms with E-state index in [1.807, 2.05) is 0 Å². The van der Waals surface area contributed by atoms with Crippen LogP contribution in [0.1, 0.15) is 0 Å². The molecule has 2 rings (SSSR count). The molecule has 94 valence electrons. The zero-order valence-corrected chi connectivity index (χ0v) is 12.1. The van der Waals surface area contributed by atoms with Gasteiger partial charge in [0.2, 0.25) is 0 Å². The van der Waals surface area contributed by atoms with Gasteiger partial charge in [0.1, 0.15) is 10.1 Å². The number of hydrogen-bond acceptors (Lipinski definition) is 2. The summed E-state index contributed by atoms with van der Waals surface area (Å²) in [5.41, 5.74) is 0.00605. The van der Waals surface area contributed by atoms with Crippen LogP contribution in [0.4, 0.5) is 5.69 Å². The Morgan fingerprint density at radius 1 is 0.778 bits per heavy atom.